The number of aryl methyl sites for hydroxylation is 1. The molecule has 9 nitrogen and oxygen atoms in total. The summed E-state index contributed by atoms with van der Waals surface area (Å²) < 4.78 is 45.7. The molecule has 3 heterocycles. The van der Waals surface area contributed by atoms with Crippen molar-refractivity contribution in [3.8, 4) is 28.2 Å². The maximum atomic E-state index is 14.6. The Hall–Kier alpha value is -4.12. The van der Waals surface area contributed by atoms with Crippen LogP contribution in [0.15, 0.2) is 67.3 Å². The van der Waals surface area contributed by atoms with Crippen LogP contribution in [0.4, 0.5) is 10.3 Å². The fourth-order valence-corrected chi connectivity index (χ4v) is 5.21. The number of imidazole rings is 1. The molecule has 6 rings (SSSR count). The summed E-state index contributed by atoms with van der Waals surface area (Å²) in [4.78, 5) is 13.3. The summed E-state index contributed by atoms with van der Waals surface area (Å²) in [5.41, 5.74) is 3.90. The summed E-state index contributed by atoms with van der Waals surface area (Å²) in [5.74, 6) is -0.213. The molecule has 5 aromatic rings. The van der Waals surface area contributed by atoms with E-state index >= 15 is 0 Å². The number of hydrogen-bond acceptors (Lipinski definition) is 6. The maximum Gasteiger partial charge on any atom is 0.239 e. The first-order chi connectivity index (χ1) is 16.9. The lowest BCUT2D eigenvalue weighted by molar-refractivity contribution is 0.599. The summed E-state index contributed by atoms with van der Waals surface area (Å²) in [6.07, 6.45) is 6.49. The van der Waals surface area contributed by atoms with E-state index in [1.807, 2.05) is 31.4 Å². The lowest BCUT2D eigenvalue weighted by Gasteiger charge is -2.12. The van der Waals surface area contributed by atoms with E-state index in [0.29, 0.717) is 18.7 Å². The Morgan fingerprint density at radius 1 is 1.06 bits per heavy atom. The summed E-state index contributed by atoms with van der Waals surface area (Å²) in [6, 6.07) is 13.6. The van der Waals surface area contributed by atoms with Crippen molar-refractivity contribution < 1.29 is 12.8 Å². The van der Waals surface area contributed by atoms with Crippen LogP contribution in [0.1, 0.15) is 12.8 Å². The van der Waals surface area contributed by atoms with Gasteiger partial charge in [-0.2, -0.15) is 10.1 Å². The zero-order valence-corrected chi connectivity index (χ0v) is 19.4. The van der Waals surface area contributed by atoms with Crippen LogP contribution in [0.25, 0.3) is 39.2 Å². The Morgan fingerprint density at radius 3 is 2.63 bits per heavy atom. The van der Waals surface area contributed by atoms with Gasteiger partial charge in [-0.05, 0) is 42.7 Å². The third-order valence-electron chi connectivity index (χ3n) is 5.89. The first kappa shape index (κ1) is 21.4. The highest BCUT2D eigenvalue weighted by molar-refractivity contribution is 7.93. The molecule has 0 saturated heterocycles. The van der Waals surface area contributed by atoms with E-state index in [4.69, 9.17) is 0 Å². The highest BCUT2D eigenvalue weighted by Gasteiger charge is 2.36. The van der Waals surface area contributed by atoms with E-state index < -0.39 is 21.1 Å². The average Bonchev–Trinajstić information content (AvgIpc) is 3.49. The smallest absolute Gasteiger partial charge is 0.239 e. The molecule has 176 valence electrons. The topological polar surface area (TPSA) is 108 Å². The minimum absolute atomic E-state index is 0.110. The van der Waals surface area contributed by atoms with Crippen LogP contribution in [0.5, 0.6) is 0 Å². The number of rotatable bonds is 6. The summed E-state index contributed by atoms with van der Waals surface area (Å²) >= 11 is 0. The Balaban J connectivity index is 1.47. The fourth-order valence-electron chi connectivity index (χ4n) is 3.94. The van der Waals surface area contributed by atoms with E-state index in [2.05, 4.69) is 24.8 Å². The monoisotopic (exact) mass is 489 g/mol. The number of halogens is 1. The minimum atomic E-state index is -3.61. The van der Waals surface area contributed by atoms with Crippen molar-refractivity contribution >= 4 is 27.0 Å². The number of benzene rings is 2. The second kappa shape index (κ2) is 7.98. The Labute approximate surface area is 200 Å². The van der Waals surface area contributed by atoms with E-state index in [9.17, 15) is 12.8 Å². The second-order valence-electron chi connectivity index (χ2n) is 8.48. The van der Waals surface area contributed by atoms with Gasteiger partial charge in [0.2, 0.25) is 16.0 Å². The number of nitrogens with zero attached hydrogens (tertiary/aromatic N) is 6. The standard InChI is InChI=1S/C24H20FN7O2S/c1-31-13-16(12-27-31)15-6-9-22-21(10-15)26-14-32(22)23-11-20(18-4-2-3-5-19(18)25)28-24(29-23)30-35(33,34)17-7-8-17/h2-6,9-14,17H,7-8H2,1H3,(H,28,29,30). The van der Waals surface area contributed by atoms with Gasteiger partial charge in [0.1, 0.15) is 18.0 Å². The maximum absolute atomic E-state index is 14.6. The zero-order valence-electron chi connectivity index (χ0n) is 18.6. The molecule has 11 heteroatoms. The van der Waals surface area contributed by atoms with Gasteiger partial charge in [-0.3, -0.25) is 14.0 Å². The van der Waals surface area contributed by atoms with Gasteiger partial charge in [-0.15, -0.1) is 0 Å². The highest BCUT2D eigenvalue weighted by atomic mass is 32.2. The molecule has 0 bridgehead atoms. The number of nitrogens with one attached hydrogen (secondary N) is 1. The number of hydrogen-bond donors (Lipinski definition) is 1. The zero-order chi connectivity index (χ0) is 24.2. The van der Waals surface area contributed by atoms with Crippen LogP contribution >= 0.6 is 0 Å². The first-order valence-electron chi connectivity index (χ1n) is 11.0. The third-order valence-corrected chi connectivity index (χ3v) is 7.71. The molecular formula is C24H20FN7O2S. The number of fused-ring (bicyclic) bond motifs is 1. The molecule has 1 saturated carbocycles. The molecule has 1 aliphatic rings. The van der Waals surface area contributed by atoms with Gasteiger partial charge in [-0.25, -0.2) is 22.8 Å². The van der Waals surface area contributed by atoms with Crippen molar-refractivity contribution in [3.63, 3.8) is 0 Å². The summed E-state index contributed by atoms with van der Waals surface area (Å²) in [6.45, 7) is 0. The molecule has 0 amide bonds. The first-order valence-corrected chi connectivity index (χ1v) is 12.5. The van der Waals surface area contributed by atoms with Gasteiger partial charge >= 0.3 is 0 Å². The molecular weight excluding hydrogens is 469 g/mol. The molecule has 1 N–H and O–H groups in total. The molecule has 35 heavy (non-hydrogen) atoms. The lowest BCUT2D eigenvalue weighted by Crippen LogP contribution is -2.19. The SMILES string of the molecule is Cn1cc(-c2ccc3c(c2)ncn3-c2cc(-c3ccccc3F)nc(NS(=O)(=O)C3CC3)n2)cn1. The van der Waals surface area contributed by atoms with Crippen LogP contribution < -0.4 is 4.72 Å². The average molecular weight is 490 g/mol. The minimum Gasteiger partial charge on any atom is -0.283 e. The Morgan fingerprint density at radius 2 is 1.89 bits per heavy atom. The van der Waals surface area contributed by atoms with E-state index in [0.717, 1.165) is 22.2 Å². The van der Waals surface area contributed by atoms with Gasteiger partial charge in [-0.1, -0.05) is 18.2 Å². The van der Waals surface area contributed by atoms with E-state index in [1.54, 1.807) is 46.0 Å². The molecule has 0 atom stereocenters. The molecule has 3 aromatic heterocycles. The molecule has 0 radical (unpaired) electrons. The molecule has 1 aliphatic carbocycles. The Kier molecular flexibility index (Phi) is 4.88. The largest absolute Gasteiger partial charge is 0.283 e. The van der Waals surface area contributed by atoms with E-state index in [-0.39, 0.29) is 17.2 Å². The molecule has 0 unspecified atom stereocenters. The van der Waals surface area contributed by atoms with Crippen molar-refractivity contribution in [1.29, 1.82) is 0 Å². The number of anilines is 1. The predicted molar refractivity (Wildman–Crippen MR) is 130 cm³/mol. The van der Waals surface area contributed by atoms with Gasteiger partial charge in [0, 0.05) is 30.4 Å². The van der Waals surface area contributed by atoms with E-state index in [1.165, 1.54) is 6.07 Å². The van der Waals surface area contributed by atoms with Gasteiger partial charge < -0.3 is 0 Å². The number of sulfonamides is 1. The summed E-state index contributed by atoms with van der Waals surface area (Å²) in [7, 11) is -1.76. The lowest BCUT2D eigenvalue weighted by atomic mass is 10.1. The second-order valence-corrected chi connectivity index (χ2v) is 10.4. The summed E-state index contributed by atoms with van der Waals surface area (Å²) in [5, 5.41) is 3.76. The van der Waals surface area contributed by atoms with Crippen molar-refractivity contribution in [1.82, 2.24) is 29.3 Å². The van der Waals surface area contributed by atoms with Crippen LogP contribution in [0.2, 0.25) is 0 Å². The van der Waals surface area contributed by atoms with Crippen LogP contribution in [0, 0.1) is 5.82 Å². The van der Waals surface area contributed by atoms with Crippen LogP contribution in [0.3, 0.4) is 0 Å². The fraction of sp³-hybridized carbons (Fsp3) is 0.167. The van der Waals surface area contributed by atoms with Crippen LogP contribution in [-0.2, 0) is 17.1 Å². The Bertz CT molecular complexity index is 1690. The van der Waals surface area contributed by atoms with Gasteiger partial charge in [0.05, 0.1) is 28.2 Å². The quantitative estimate of drug-likeness (QED) is 0.387. The van der Waals surface area contributed by atoms with Crippen molar-refractivity contribution in [3.05, 3.63) is 73.1 Å². The number of aromatic nitrogens is 6. The van der Waals surface area contributed by atoms with Gasteiger partial charge in [0.25, 0.3) is 0 Å². The molecule has 2 aromatic carbocycles. The highest BCUT2D eigenvalue weighted by Crippen LogP contribution is 2.31. The molecule has 0 aliphatic heterocycles. The normalized spacial score (nSPS) is 13.9. The van der Waals surface area contributed by atoms with Crippen molar-refractivity contribution in [2.75, 3.05) is 4.72 Å². The van der Waals surface area contributed by atoms with Crippen molar-refractivity contribution in [2.45, 2.75) is 18.1 Å². The van der Waals surface area contributed by atoms with Crippen molar-refractivity contribution in [2.24, 2.45) is 7.05 Å². The predicted octanol–water partition coefficient (Wildman–Crippen LogP) is 3.93. The third kappa shape index (κ3) is 4.03. The van der Waals surface area contributed by atoms with Crippen LogP contribution in [-0.4, -0.2) is 43.0 Å². The molecule has 0 spiro atoms. The molecule has 1 fully saturated rings. The van der Waals surface area contributed by atoms with Gasteiger partial charge in [0.15, 0.2) is 0 Å².